The predicted octanol–water partition coefficient (Wildman–Crippen LogP) is 2.90. The summed E-state index contributed by atoms with van der Waals surface area (Å²) in [5.41, 5.74) is -0.222. The minimum absolute atomic E-state index is 0.0115. The van der Waals surface area contributed by atoms with Crippen LogP contribution in [0.2, 0.25) is 5.02 Å². The fraction of sp³-hybridized carbons (Fsp3) is 0.263. The van der Waals surface area contributed by atoms with Crippen LogP contribution in [0.15, 0.2) is 51.8 Å². The lowest BCUT2D eigenvalue weighted by Crippen LogP contribution is -2.40. The molecule has 0 aliphatic heterocycles. The molecule has 0 unspecified atom stereocenters. The third kappa shape index (κ3) is 4.71. The monoisotopic (exact) mass is 431 g/mol. The van der Waals surface area contributed by atoms with Crippen LogP contribution in [0.25, 0.3) is 11.5 Å². The van der Waals surface area contributed by atoms with E-state index in [2.05, 4.69) is 10.2 Å². The van der Waals surface area contributed by atoms with E-state index in [0.29, 0.717) is 10.6 Å². The van der Waals surface area contributed by atoms with Gasteiger partial charge < -0.3 is 9.32 Å². The Labute approximate surface area is 175 Å². The van der Waals surface area contributed by atoms with E-state index in [1.165, 1.54) is 4.90 Å². The Kier molecular flexibility index (Phi) is 6.26. The van der Waals surface area contributed by atoms with Gasteiger partial charge in [0, 0.05) is 18.2 Å². The highest BCUT2D eigenvalue weighted by Gasteiger charge is 2.22. The first kappa shape index (κ1) is 21.2. The van der Waals surface area contributed by atoms with E-state index in [-0.39, 0.29) is 36.6 Å². The molecule has 0 bridgehead atoms. The molecule has 1 aromatic carbocycles. The minimum atomic E-state index is -0.630. The quantitative estimate of drug-likeness (QED) is 0.416. The fourth-order valence-corrected chi connectivity index (χ4v) is 2.97. The van der Waals surface area contributed by atoms with Crippen molar-refractivity contribution in [3.8, 4) is 11.5 Å². The Morgan fingerprint density at radius 1 is 1.27 bits per heavy atom. The Morgan fingerprint density at radius 2 is 2.00 bits per heavy atom. The maximum Gasteiger partial charge on any atom is 0.285 e. The van der Waals surface area contributed by atoms with Crippen LogP contribution in [0, 0.1) is 10.1 Å². The van der Waals surface area contributed by atoms with Gasteiger partial charge in [-0.15, -0.1) is 10.2 Å². The van der Waals surface area contributed by atoms with Crippen molar-refractivity contribution in [1.82, 2.24) is 19.7 Å². The molecule has 0 aliphatic carbocycles. The highest BCUT2D eigenvalue weighted by Crippen LogP contribution is 2.26. The number of benzene rings is 1. The normalized spacial score (nSPS) is 10.9. The highest BCUT2D eigenvalue weighted by atomic mass is 35.5. The third-order valence-electron chi connectivity index (χ3n) is 4.30. The van der Waals surface area contributed by atoms with Crippen molar-refractivity contribution >= 4 is 23.2 Å². The SMILES string of the molecule is CC(C)N(Cc1nnc(-c2ccccc2Cl)o1)C(=O)Cn1cc([N+](=O)[O-])ccc1=O. The van der Waals surface area contributed by atoms with Crippen molar-refractivity contribution in [2.24, 2.45) is 0 Å². The molecule has 10 nitrogen and oxygen atoms in total. The largest absolute Gasteiger partial charge is 0.419 e. The minimum Gasteiger partial charge on any atom is -0.419 e. The number of hydrogen-bond donors (Lipinski definition) is 0. The van der Waals surface area contributed by atoms with Gasteiger partial charge in [0.2, 0.25) is 17.7 Å². The molecule has 0 atom stereocenters. The second kappa shape index (κ2) is 8.87. The lowest BCUT2D eigenvalue weighted by atomic mass is 10.2. The van der Waals surface area contributed by atoms with Gasteiger partial charge in [0.1, 0.15) is 6.54 Å². The average molecular weight is 432 g/mol. The molecule has 0 fully saturated rings. The second-order valence-electron chi connectivity index (χ2n) is 6.71. The summed E-state index contributed by atoms with van der Waals surface area (Å²) in [5, 5.41) is 19.3. The zero-order valence-corrected chi connectivity index (χ0v) is 16.9. The average Bonchev–Trinajstić information content (AvgIpc) is 3.16. The number of pyridine rings is 1. The fourth-order valence-electron chi connectivity index (χ4n) is 2.75. The number of rotatable bonds is 7. The number of aromatic nitrogens is 3. The molecule has 0 saturated carbocycles. The summed E-state index contributed by atoms with van der Waals surface area (Å²) in [6, 6.07) is 8.89. The zero-order chi connectivity index (χ0) is 21.8. The Balaban J connectivity index is 1.79. The second-order valence-corrected chi connectivity index (χ2v) is 7.11. The van der Waals surface area contributed by atoms with Gasteiger partial charge in [-0.3, -0.25) is 24.3 Å². The topological polar surface area (TPSA) is 124 Å². The van der Waals surface area contributed by atoms with Gasteiger partial charge in [-0.1, -0.05) is 23.7 Å². The molecule has 3 rings (SSSR count). The van der Waals surface area contributed by atoms with Crippen LogP contribution in [0.3, 0.4) is 0 Å². The van der Waals surface area contributed by atoms with E-state index in [1.807, 2.05) is 0 Å². The summed E-state index contributed by atoms with van der Waals surface area (Å²) in [7, 11) is 0. The highest BCUT2D eigenvalue weighted by molar-refractivity contribution is 6.33. The van der Waals surface area contributed by atoms with Crippen LogP contribution >= 0.6 is 11.6 Å². The van der Waals surface area contributed by atoms with Crippen LogP contribution in [-0.2, 0) is 17.9 Å². The van der Waals surface area contributed by atoms with Crippen molar-refractivity contribution in [1.29, 1.82) is 0 Å². The van der Waals surface area contributed by atoms with E-state index < -0.39 is 16.4 Å². The van der Waals surface area contributed by atoms with Crippen molar-refractivity contribution in [3.63, 3.8) is 0 Å². The molecule has 156 valence electrons. The van der Waals surface area contributed by atoms with Crippen LogP contribution in [0.5, 0.6) is 0 Å². The van der Waals surface area contributed by atoms with E-state index in [9.17, 15) is 19.7 Å². The Morgan fingerprint density at radius 3 is 2.67 bits per heavy atom. The molecule has 2 aromatic heterocycles. The molecule has 11 heteroatoms. The predicted molar refractivity (Wildman–Crippen MR) is 108 cm³/mol. The first-order valence-electron chi connectivity index (χ1n) is 8.98. The third-order valence-corrected chi connectivity index (χ3v) is 4.63. The summed E-state index contributed by atoms with van der Waals surface area (Å²) >= 11 is 6.14. The van der Waals surface area contributed by atoms with Gasteiger partial charge in [-0.2, -0.15) is 0 Å². The number of nitro groups is 1. The number of amides is 1. The molecule has 0 spiro atoms. The first-order chi connectivity index (χ1) is 14.3. The number of nitrogens with zero attached hydrogens (tertiary/aromatic N) is 5. The standard InChI is InChI=1S/C19H18ClN5O5/c1-12(2)24(18(27)11-23-9-13(25(28)29)7-8-17(23)26)10-16-21-22-19(30-16)14-5-3-4-6-15(14)20/h3-9,12H,10-11H2,1-2H3. The van der Waals surface area contributed by atoms with E-state index in [0.717, 1.165) is 22.9 Å². The summed E-state index contributed by atoms with van der Waals surface area (Å²) in [6.45, 7) is 3.24. The molecule has 0 N–H and O–H groups in total. The molecule has 2 heterocycles. The van der Waals surface area contributed by atoms with E-state index >= 15 is 0 Å². The van der Waals surface area contributed by atoms with Gasteiger partial charge >= 0.3 is 0 Å². The summed E-state index contributed by atoms with van der Waals surface area (Å²) in [4.78, 5) is 36.5. The van der Waals surface area contributed by atoms with Gasteiger partial charge in [0.15, 0.2) is 0 Å². The molecule has 30 heavy (non-hydrogen) atoms. The molecule has 0 saturated heterocycles. The van der Waals surface area contributed by atoms with E-state index in [1.54, 1.807) is 38.1 Å². The van der Waals surface area contributed by atoms with Gasteiger partial charge in [0.05, 0.1) is 28.3 Å². The van der Waals surface area contributed by atoms with Crippen molar-refractivity contribution in [2.75, 3.05) is 0 Å². The summed E-state index contributed by atoms with van der Waals surface area (Å²) in [5.74, 6) is -0.00916. The molecule has 0 radical (unpaired) electrons. The van der Waals surface area contributed by atoms with Crippen molar-refractivity contribution in [2.45, 2.75) is 33.0 Å². The Hall–Kier alpha value is -3.53. The summed E-state index contributed by atoms with van der Waals surface area (Å²) in [6.07, 6.45) is 1.04. The zero-order valence-electron chi connectivity index (χ0n) is 16.2. The summed E-state index contributed by atoms with van der Waals surface area (Å²) < 4.78 is 6.65. The number of hydrogen-bond acceptors (Lipinski definition) is 7. The van der Waals surface area contributed by atoms with Gasteiger partial charge in [-0.25, -0.2) is 0 Å². The van der Waals surface area contributed by atoms with Crippen molar-refractivity contribution in [3.05, 3.63) is 74.0 Å². The molecule has 0 aliphatic rings. The van der Waals surface area contributed by atoms with Crippen molar-refractivity contribution < 1.29 is 14.1 Å². The molecular weight excluding hydrogens is 414 g/mol. The van der Waals surface area contributed by atoms with Crippen LogP contribution < -0.4 is 5.56 Å². The molecule has 1 amide bonds. The maximum absolute atomic E-state index is 12.8. The maximum atomic E-state index is 12.8. The smallest absolute Gasteiger partial charge is 0.285 e. The van der Waals surface area contributed by atoms with Crippen LogP contribution in [0.4, 0.5) is 5.69 Å². The van der Waals surface area contributed by atoms with E-state index in [4.69, 9.17) is 16.0 Å². The van der Waals surface area contributed by atoms with Crippen LogP contribution in [-0.4, -0.2) is 36.5 Å². The van der Waals surface area contributed by atoms with Gasteiger partial charge in [-0.05, 0) is 26.0 Å². The number of carbonyl (C=O) groups excluding carboxylic acids is 1. The lowest BCUT2D eigenvalue weighted by molar-refractivity contribution is -0.385. The first-order valence-corrected chi connectivity index (χ1v) is 9.35. The van der Waals surface area contributed by atoms with Gasteiger partial charge in [0.25, 0.3) is 11.2 Å². The molecule has 3 aromatic rings. The molecular formula is C19H18ClN5O5. The number of carbonyl (C=O) groups is 1. The van der Waals surface area contributed by atoms with Crippen LogP contribution in [0.1, 0.15) is 19.7 Å². The number of halogens is 1. The Bertz CT molecular complexity index is 1140. The lowest BCUT2D eigenvalue weighted by Gasteiger charge is -2.25.